The molecule has 1 unspecified atom stereocenters. The molecule has 0 aliphatic rings. The molecule has 2 aromatic carbocycles. The highest BCUT2D eigenvalue weighted by Crippen LogP contribution is 2.21. The minimum atomic E-state index is -1.00. The summed E-state index contributed by atoms with van der Waals surface area (Å²) >= 11 is 0. The van der Waals surface area contributed by atoms with E-state index in [0.717, 1.165) is 17.5 Å². The Balaban J connectivity index is 2.21. The summed E-state index contributed by atoms with van der Waals surface area (Å²) in [6, 6.07) is 13.1. The lowest BCUT2D eigenvalue weighted by Crippen LogP contribution is -2.31. The molecular weight excluding hydrogens is 344 g/mol. The second-order valence-corrected chi connectivity index (χ2v) is 6.32. The second kappa shape index (κ2) is 9.52. The smallest absolute Gasteiger partial charge is 0.305 e. The zero-order valence-corrected chi connectivity index (χ0v) is 15.5. The van der Waals surface area contributed by atoms with Crippen molar-refractivity contribution in [3.8, 4) is 0 Å². The van der Waals surface area contributed by atoms with E-state index in [0.29, 0.717) is 17.7 Å². The van der Waals surface area contributed by atoms with Gasteiger partial charge in [0.25, 0.3) is 11.8 Å². The third-order valence-electron chi connectivity index (χ3n) is 4.17. The fourth-order valence-corrected chi connectivity index (χ4v) is 2.77. The van der Waals surface area contributed by atoms with Crippen LogP contribution in [0.3, 0.4) is 0 Å². The molecule has 6 nitrogen and oxygen atoms in total. The summed E-state index contributed by atoms with van der Waals surface area (Å²) in [5.74, 6) is -1.67. The van der Waals surface area contributed by atoms with Crippen LogP contribution in [0.25, 0.3) is 0 Å². The molecule has 0 spiro atoms. The molecule has 0 saturated carbocycles. The van der Waals surface area contributed by atoms with Crippen molar-refractivity contribution in [2.24, 2.45) is 0 Å². The molecule has 0 heterocycles. The largest absolute Gasteiger partial charge is 0.481 e. The van der Waals surface area contributed by atoms with E-state index in [-0.39, 0.29) is 12.3 Å². The van der Waals surface area contributed by atoms with Gasteiger partial charge in [0.05, 0.1) is 12.5 Å². The summed E-state index contributed by atoms with van der Waals surface area (Å²) in [5.41, 5.74) is 2.35. The maximum atomic E-state index is 12.7. The summed E-state index contributed by atoms with van der Waals surface area (Å²) in [6.45, 7) is 4.39. The van der Waals surface area contributed by atoms with Crippen molar-refractivity contribution in [2.75, 3.05) is 6.54 Å². The van der Waals surface area contributed by atoms with Crippen LogP contribution in [0.5, 0.6) is 0 Å². The molecule has 142 valence electrons. The van der Waals surface area contributed by atoms with Crippen LogP contribution in [-0.4, -0.2) is 29.4 Å². The number of benzene rings is 2. The molecule has 2 amide bonds. The van der Waals surface area contributed by atoms with Crippen LogP contribution in [0, 0.1) is 6.92 Å². The lowest BCUT2D eigenvalue weighted by atomic mass is 9.98. The summed E-state index contributed by atoms with van der Waals surface area (Å²) in [5, 5.41) is 14.8. The number of aryl methyl sites for hydroxylation is 1. The predicted molar refractivity (Wildman–Crippen MR) is 103 cm³/mol. The number of hydrogen-bond donors (Lipinski definition) is 3. The highest BCUT2D eigenvalue weighted by molar-refractivity contribution is 5.99. The quantitative estimate of drug-likeness (QED) is 0.667. The third kappa shape index (κ3) is 5.67. The van der Waals surface area contributed by atoms with E-state index < -0.39 is 17.9 Å². The van der Waals surface area contributed by atoms with Crippen molar-refractivity contribution in [1.29, 1.82) is 0 Å². The fraction of sp³-hybridized carbons (Fsp3) is 0.286. The average molecular weight is 368 g/mol. The van der Waals surface area contributed by atoms with E-state index in [1.807, 2.05) is 32.0 Å². The molecule has 27 heavy (non-hydrogen) atoms. The number of carboxylic acid groups (broad SMARTS) is 1. The van der Waals surface area contributed by atoms with Gasteiger partial charge in [0.1, 0.15) is 0 Å². The topological polar surface area (TPSA) is 95.5 Å². The highest BCUT2D eigenvalue weighted by Gasteiger charge is 2.20. The van der Waals surface area contributed by atoms with Crippen LogP contribution in [0.4, 0.5) is 0 Å². The van der Waals surface area contributed by atoms with Crippen molar-refractivity contribution < 1.29 is 19.5 Å². The third-order valence-corrected chi connectivity index (χ3v) is 4.17. The molecule has 2 aromatic rings. The van der Waals surface area contributed by atoms with Gasteiger partial charge in [-0.2, -0.15) is 0 Å². The van der Waals surface area contributed by atoms with Gasteiger partial charge in [-0.1, -0.05) is 37.3 Å². The van der Waals surface area contributed by atoms with Gasteiger partial charge in [0.15, 0.2) is 0 Å². The van der Waals surface area contributed by atoms with E-state index in [1.165, 1.54) is 6.07 Å². The van der Waals surface area contributed by atoms with Crippen LogP contribution >= 0.6 is 0 Å². The van der Waals surface area contributed by atoms with Gasteiger partial charge in [-0.3, -0.25) is 14.4 Å². The molecule has 0 radical (unpaired) electrons. The minimum absolute atomic E-state index is 0.229. The van der Waals surface area contributed by atoms with Crippen molar-refractivity contribution in [3.05, 3.63) is 70.8 Å². The Morgan fingerprint density at radius 3 is 2.30 bits per heavy atom. The fourth-order valence-electron chi connectivity index (χ4n) is 2.77. The normalized spacial score (nSPS) is 11.5. The van der Waals surface area contributed by atoms with Gasteiger partial charge in [-0.15, -0.1) is 0 Å². The first-order valence-electron chi connectivity index (χ1n) is 8.88. The van der Waals surface area contributed by atoms with Crippen molar-refractivity contribution in [3.63, 3.8) is 0 Å². The maximum absolute atomic E-state index is 12.7. The number of nitrogens with one attached hydrogen (secondary N) is 2. The number of rotatable bonds is 8. The van der Waals surface area contributed by atoms with Gasteiger partial charge in [-0.25, -0.2) is 0 Å². The van der Waals surface area contributed by atoms with Gasteiger partial charge < -0.3 is 15.7 Å². The minimum Gasteiger partial charge on any atom is -0.481 e. The number of carbonyl (C=O) groups excluding carboxylic acids is 2. The first-order valence-corrected chi connectivity index (χ1v) is 8.88. The summed E-state index contributed by atoms with van der Waals surface area (Å²) in [6.07, 6.45) is 0.590. The molecule has 0 aromatic heterocycles. The first-order chi connectivity index (χ1) is 12.9. The van der Waals surface area contributed by atoms with Crippen LogP contribution in [-0.2, 0) is 4.79 Å². The average Bonchev–Trinajstić information content (AvgIpc) is 2.65. The van der Waals surface area contributed by atoms with E-state index in [2.05, 4.69) is 10.6 Å². The van der Waals surface area contributed by atoms with Crippen molar-refractivity contribution in [1.82, 2.24) is 10.6 Å². The molecule has 0 aliphatic carbocycles. The maximum Gasteiger partial charge on any atom is 0.305 e. The SMILES string of the molecule is CCCNC(=O)c1cccc(C(=O)NC(CC(=O)O)c2ccccc2C)c1. The first kappa shape index (κ1) is 20.2. The molecule has 6 heteroatoms. The van der Waals surface area contributed by atoms with E-state index in [9.17, 15) is 19.5 Å². The second-order valence-electron chi connectivity index (χ2n) is 6.32. The van der Waals surface area contributed by atoms with Crippen molar-refractivity contribution in [2.45, 2.75) is 32.7 Å². The van der Waals surface area contributed by atoms with E-state index in [1.54, 1.807) is 24.3 Å². The lowest BCUT2D eigenvalue weighted by molar-refractivity contribution is -0.137. The Kier molecular flexibility index (Phi) is 7.11. The standard InChI is InChI=1S/C21H24N2O4/c1-3-11-22-20(26)15-8-6-9-16(12-15)21(27)23-18(13-19(24)25)17-10-5-4-7-14(17)2/h4-10,12,18H,3,11,13H2,1-2H3,(H,22,26)(H,23,27)(H,24,25). The number of aliphatic carboxylic acids is 1. The molecule has 0 aliphatic heterocycles. The number of carboxylic acids is 1. The number of hydrogen-bond acceptors (Lipinski definition) is 3. The summed E-state index contributed by atoms with van der Waals surface area (Å²) in [7, 11) is 0. The van der Waals surface area contributed by atoms with Gasteiger partial charge in [0.2, 0.25) is 0 Å². The van der Waals surface area contributed by atoms with Crippen LogP contribution in [0.15, 0.2) is 48.5 Å². The Bertz CT molecular complexity index is 832. The molecule has 0 saturated heterocycles. The molecule has 2 rings (SSSR count). The van der Waals surface area contributed by atoms with E-state index >= 15 is 0 Å². The summed E-state index contributed by atoms with van der Waals surface area (Å²) in [4.78, 5) is 36.0. The van der Waals surface area contributed by atoms with Crippen LogP contribution in [0.2, 0.25) is 0 Å². The van der Waals surface area contributed by atoms with E-state index in [4.69, 9.17) is 0 Å². The molecule has 3 N–H and O–H groups in total. The number of carbonyl (C=O) groups is 3. The molecule has 1 atom stereocenters. The monoisotopic (exact) mass is 368 g/mol. The van der Waals surface area contributed by atoms with Crippen LogP contribution < -0.4 is 10.6 Å². The zero-order valence-electron chi connectivity index (χ0n) is 15.5. The molecular formula is C21H24N2O4. The molecule has 0 fully saturated rings. The number of amides is 2. The Morgan fingerprint density at radius 2 is 1.67 bits per heavy atom. The van der Waals surface area contributed by atoms with Gasteiger partial charge in [0, 0.05) is 17.7 Å². The Labute approximate surface area is 158 Å². The van der Waals surface area contributed by atoms with Crippen molar-refractivity contribution >= 4 is 17.8 Å². The Hall–Kier alpha value is -3.15. The van der Waals surface area contributed by atoms with Gasteiger partial charge in [-0.05, 0) is 42.7 Å². The molecule has 0 bridgehead atoms. The summed E-state index contributed by atoms with van der Waals surface area (Å²) < 4.78 is 0. The lowest BCUT2D eigenvalue weighted by Gasteiger charge is -2.19. The predicted octanol–water partition coefficient (Wildman–Crippen LogP) is 3.08. The Morgan fingerprint density at radius 1 is 1.00 bits per heavy atom. The van der Waals surface area contributed by atoms with Gasteiger partial charge >= 0.3 is 5.97 Å². The highest BCUT2D eigenvalue weighted by atomic mass is 16.4. The zero-order chi connectivity index (χ0) is 19.8. The van der Waals surface area contributed by atoms with Crippen LogP contribution in [0.1, 0.15) is 57.7 Å².